The summed E-state index contributed by atoms with van der Waals surface area (Å²) in [6.45, 7) is 0. The van der Waals surface area contributed by atoms with Gasteiger partial charge in [0.15, 0.2) is 0 Å². The van der Waals surface area contributed by atoms with Crippen molar-refractivity contribution < 1.29 is 0 Å². The van der Waals surface area contributed by atoms with Gasteiger partial charge in [0.05, 0.1) is 10.6 Å². The monoisotopic (exact) mass is 263 g/mol. The van der Waals surface area contributed by atoms with E-state index in [0.29, 0.717) is 0 Å². The Morgan fingerprint density at radius 3 is 2.08 bits per heavy atom. The van der Waals surface area contributed by atoms with Crippen molar-refractivity contribution in [1.29, 1.82) is 0 Å². The predicted molar refractivity (Wildman–Crippen MR) is 53.5 cm³/mol. The molecule has 0 atom stereocenters. The van der Waals surface area contributed by atoms with Crippen LogP contribution in [-0.2, 0) is 3.79 Å². The maximum Gasteiger partial charge on any atom is 0.220 e. The third-order valence-corrected chi connectivity index (χ3v) is 2.31. The van der Waals surface area contributed by atoms with E-state index in [-0.39, 0.29) is 15.7 Å². The average molecular weight is 265 g/mol. The van der Waals surface area contributed by atoms with E-state index < -0.39 is 3.79 Å². The molecular formula is C6H2Cl5N. The van der Waals surface area contributed by atoms with Crippen LogP contribution in [0, 0.1) is 0 Å². The van der Waals surface area contributed by atoms with Gasteiger partial charge in [-0.05, 0) is 6.07 Å². The fourth-order valence-corrected chi connectivity index (χ4v) is 2.17. The van der Waals surface area contributed by atoms with Crippen LogP contribution in [0.5, 0.6) is 0 Å². The van der Waals surface area contributed by atoms with E-state index in [9.17, 15) is 0 Å². The first-order chi connectivity index (χ1) is 5.43. The second kappa shape index (κ2) is 3.77. The molecule has 0 aliphatic heterocycles. The third-order valence-electron chi connectivity index (χ3n) is 1.14. The van der Waals surface area contributed by atoms with Crippen molar-refractivity contribution in [3.05, 3.63) is 28.0 Å². The fraction of sp³-hybridized carbons (Fsp3) is 0.167. The number of aromatic nitrogens is 1. The Labute approximate surface area is 94.5 Å². The number of nitrogens with zero attached hydrogens (tertiary/aromatic N) is 1. The Morgan fingerprint density at radius 2 is 1.75 bits per heavy atom. The SMILES string of the molecule is Clc1ccnc(Cl)c1C(Cl)(Cl)Cl. The quantitative estimate of drug-likeness (QED) is 0.505. The molecule has 6 heteroatoms. The van der Waals surface area contributed by atoms with Crippen molar-refractivity contribution in [2.75, 3.05) is 0 Å². The van der Waals surface area contributed by atoms with Crippen LogP contribution in [0.4, 0.5) is 0 Å². The summed E-state index contributed by atoms with van der Waals surface area (Å²) in [7, 11) is 0. The molecule has 66 valence electrons. The van der Waals surface area contributed by atoms with Gasteiger partial charge in [0.25, 0.3) is 0 Å². The summed E-state index contributed by atoms with van der Waals surface area (Å²) in [6.07, 6.45) is 1.44. The molecule has 0 N–H and O–H groups in total. The molecule has 0 spiro atoms. The lowest BCUT2D eigenvalue weighted by Gasteiger charge is -2.13. The molecule has 1 heterocycles. The molecule has 0 unspecified atom stereocenters. The second-order valence-electron chi connectivity index (χ2n) is 1.96. The van der Waals surface area contributed by atoms with Crippen LogP contribution in [0.1, 0.15) is 5.56 Å². The van der Waals surface area contributed by atoms with Crippen LogP contribution in [-0.4, -0.2) is 4.98 Å². The molecule has 12 heavy (non-hydrogen) atoms. The fourth-order valence-electron chi connectivity index (χ4n) is 0.667. The zero-order valence-electron chi connectivity index (χ0n) is 5.49. The highest BCUT2D eigenvalue weighted by atomic mass is 35.6. The van der Waals surface area contributed by atoms with Gasteiger partial charge in [-0.15, -0.1) is 0 Å². The van der Waals surface area contributed by atoms with Gasteiger partial charge in [-0.2, -0.15) is 0 Å². The van der Waals surface area contributed by atoms with Crippen LogP contribution in [0.25, 0.3) is 0 Å². The molecule has 0 aromatic carbocycles. The van der Waals surface area contributed by atoms with Crippen molar-refractivity contribution in [3.63, 3.8) is 0 Å². The topological polar surface area (TPSA) is 12.9 Å². The van der Waals surface area contributed by atoms with Crippen LogP contribution >= 0.6 is 58.0 Å². The molecule has 1 aromatic heterocycles. The zero-order valence-corrected chi connectivity index (χ0v) is 9.27. The molecule has 0 aliphatic carbocycles. The minimum absolute atomic E-state index is 0.0995. The summed E-state index contributed by atoms with van der Waals surface area (Å²) in [6, 6.07) is 1.50. The summed E-state index contributed by atoms with van der Waals surface area (Å²) in [4.78, 5) is 3.73. The number of hydrogen-bond acceptors (Lipinski definition) is 1. The number of hydrogen-bond donors (Lipinski definition) is 0. The van der Waals surface area contributed by atoms with Gasteiger partial charge in [-0.25, -0.2) is 4.98 Å². The van der Waals surface area contributed by atoms with E-state index in [1.807, 2.05) is 0 Å². The van der Waals surface area contributed by atoms with Gasteiger partial charge < -0.3 is 0 Å². The van der Waals surface area contributed by atoms with Gasteiger partial charge in [0.1, 0.15) is 5.15 Å². The Bertz CT molecular complexity index is 272. The van der Waals surface area contributed by atoms with Crippen molar-refractivity contribution in [2.24, 2.45) is 0 Å². The highest BCUT2D eigenvalue weighted by Crippen LogP contribution is 2.44. The summed E-state index contributed by atoms with van der Waals surface area (Å²) in [5, 5.41) is 0.387. The largest absolute Gasteiger partial charge is 0.244 e. The third kappa shape index (κ3) is 2.30. The predicted octanol–water partition coefficient (Wildman–Crippen LogP) is 4.22. The zero-order chi connectivity index (χ0) is 9.35. The van der Waals surface area contributed by atoms with Gasteiger partial charge in [-0.1, -0.05) is 58.0 Å². The molecule has 0 radical (unpaired) electrons. The standard InChI is InChI=1S/C6H2Cl5N/c7-3-1-2-12-5(8)4(3)6(9,10)11/h1-2H. The van der Waals surface area contributed by atoms with E-state index in [1.165, 1.54) is 12.3 Å². The molecule has 1 aromatic rings. The normalized spacial score (nSPS) is 11.8. The smallest absolute Gasteiger partial charge is 0.220 e. The van der Waals surface area contributed by atoms with Crippen LogP contribution in [0.15, 0.2) is 12.3 Å². The van der Waals surface area contributed by atoms with Crippen molar-refractivity contribution in [2.45, 2.75) is 3.79 Å². The number of alkyl halides is 3. The summed E-state index contributed by atoms with van der Waals surface area (Å²) < 4.78 is -1.64. The van der Waals surface area contributed by atoms with E-state index >= 15 is 0 Å². The van der Waals surface area contributed by atoms with E-state index in [4.69, 9.17) is 58.0 Å². The maximum atomic E-state index is 5.74. The first-order valence-corrected chi connectivity index (χ1v) is 4.69. The lowest BCUT2D eigenvalue weighted by molar-refractivity contribution is 1.17. The van der Waals surface area contributed by atoms with E-state index in [0.717, 1.165) is 0 Å². The molecule has 0 amide bonds. The molecular weight excluding hydrogens is 263 g/mol. The molecule has 0 saturated carbocycles. The highest BCUT2D eigenvalue weighted by molar-refractivity contribution is 6.67. The Kier molecular flexibility index (Phi) is 3.35. The average Bonchev–Trinajstić information content (AvgIpc) is 1.82. The number of halogens is 5. The van der Waals surface area contributed by atoms with Crippen molar-refractivity contribution in [3.8, 4) is 0 Å². The lowest BCUT2D eigenvalue weighted by Crippen LogP contribution is -2.03. The summed E-state index contributed by atoms with van der Waals surface area (Å²) >= 11 is 28.2. The van der Waals surface area contributed by atoms with Gasteiger partial charge in [-0.3, -0.25) is 0 Å². The molecule has 1 rings (SSSR count). The van der Waals surface area contributed by atoms with E-state index in [1.54, 1.807) is 0 Å². The van der Waals surface area contributed by atoms with Crippen molar-refractivity contribution >= 4 is 58.0 Å². The number of pyridine rings is 1. The molecule has 1 nitrogen and oxygen atoms in total. The van der Waals surface area contributed by atoms with Gasteiger partial charge in [0.2, 0.25) is 3.79 Å². The first-order valence-electron chi connectivity index (χ1n) is 2.80. The molecule has 0 saturated heterocycles. The molecule has 0 aliphatic rings. The lowest BCUT2D eigenvalue weighted by atomic mass is 10.3. The first kappa shape index (κ1) is 10.7. The minimum atomic E-state index is -1.64. The minimum Gasteiger partial charge on any atom is -0.244 e. The molecule has 0 bridgehead atoms. The Balaban J connectivity index is 3.31. The second-order valence-corrected chi connectivity index (χ2v) is 5.00. The van der Waals surface area contributed by atoms with Crippen LogP contribution < -0.4 is 0 Å². The Hall–Kier alpha value is 0.600. The van der Waals surface area contributed by atoms with Crippen LogP contribution in [0.3, 0.4) is 0 Å². The summed E-state index contributed by atoms with van der Waals surface area (Å²) in [5.41, 5.74) is 0.207. The van der Waals surface area contributed by atoms with E-state index in [2.05, 4.69) is 4.98 Å². The highest BCUT2D eigenvalue weighted by Gasteiger charge is 2.29. The molecule has 0 fully saturated rings. The van der Waals surface area contributed by atoms with Gasteiger partial charge in [0, 0.05) is 6.20 Å². The van der Waals surface area contributed by atoms with Crippen molar-refractivity contribution in [1.82, 2.24) is 4.98 Å². The van der Waals surface area contributed by atoms with Crippen LogP contribution in [0.2, 0.25) is 10.2 Å². The summed E-state index contributed by atoms with van der Waals surface area (Å²) in [5.74, 6) is 0. The van der Waals surface area contributed by atoms with Gasteiger partial charge >= 0.3 is 0 Å². The Morgan fingerprint density at radius 1 is 1.17 bits per heavy atom. The number of rotatable bonds is 0. The maximum absolute atomic E-state index is 5.74.